The van der Waals surface area contributed by atoms with Crippen molar-refractivity contribution in [3.05, 3.63) is 51.5 Å². The topological polar surface area (TPSA) is 35.0 Å². The molecule has 3 aromatic rings. The number of nitrogens with zero attached hydrogens (tertiary/aromatic N) is 2. The standard InChI is InChI=1S/C21H21ClN2OS/c1-12(2)25-20-18(22)9-15(10-23-20)19-11-26-21(24-19)17-8-7-14-5-4-6-16(14)13(17)3/h7-12H,4-6H2,1-3H3. The second kappa shape index (κ2) is 7.01. The lowest BCUT2D eigenvalue weighted by Gasteiger charge is -2.10. The Morgan fingerprint density at radius 3 is 2.85 bits per heavy atom. The molecule has 0 atom stereocenters. The van der Waals surface area contributed by atoms with Gasteiger partial charge in [0.2, 0.25) is 5.88 Å². The number of ether oxygens (including phenoxy) is 1. The van der Waals surface area contributed by atoms with Crippen molar-refractivity contribution in [3.63, 3.8) is 0 Å². The lowest BCUT2D eigenvalue weighted by Crippen LogP contribution is -2.07. The monoisotopic (exact) mass is 384 g/mol. The third-order valence-electron chi connectivity index (χ3n) is 4.75. The second-order valence-corrected chi connectivity index (χ2v) is 8.21. The number of thiazole rings is 1. The van der Waals surface area contributed by atoms with E-state index in [2.05, 4.69) is 29.4 Å². The number of aryl methyl sites for hydroxylation is 1. The second-order valence-electron chi connectivity index (χ2n) is 6.94. The van der Waals surface area contributed by atoms with Gasteiger partial charge in [0.15, 0.2) is 0 Å². The van der Waals surface area contributed by atoms with Crippen molar-refractivity contribution in [2.24, 2.45) is 0 Å². The van der Waals surface area contributed by atoms with Gasteiger partial charge in [0.25, 0.3) is 0 Å². The molecule has 0 fully saturated rings. The van der Waals surface area contributed by atoms with Crippen LogP contribution < -0.4 is 4.74 Å². The maximum atomic E-state index is 6.32. The van der Waals surface area contributed by atoms with E-state index < -0.39 is 0 Å². The number of halogens is 1. The molecule has 1 aromatic carbocycles. The zero-order chi connectivity index (χ0) is 18.3. The van der Waals surface area contributed by atoms with Gasteiger partial charge in [-0.05, 0) is 62.8 Å². The molecule has 0 saturated heterocycles. The summed E-state index contributed by atoms with van der Waals surface area (Å²) in [5, 5.41) is 3.63. The molecule has 3 nitrogen and oxygen atoms in total. The predicted molar refractivity (Wildman–Crippen MR) is 108 cm³/mol. The molecule has 2 heterocycles. The normalized spacial score (nSPS) is 13.3. The summed E-state index contributed by atoms with van der Waals surface area (Å²) in [5.41, 5.74) is 7.43. The van der Waals surface area contributed by atoms with E-state index in [0.29, 0.717) is 10.9 Å². The van der Waals surface area contributed by atoms with Gasteiger partial charge in [-0.15, -0.1) is 11.3 Å². The van der Waals surface area contributed by atoms with E-state index in [4.69, 9.17) is 21.3 Å². The largest absolute Gasteiger partial charge is 0.474 e. The van der Waals surface area contributed by atoms with E-state index in [9.17, 15) is 0 Å². The lowest BCUT2D eigenvalue weighted by molar-refractivity contribution is 0.233. The number of hydrogen-bond acceptors (Lipinski definition) is 4. The highest BCUT2D eigenvalue weighted by Gasteiger charge is 2.18. The SMILES string of the molecule is Cc1c(-c2nc(-c3cnc(OC(C)C)c(Cl)c3)cs2)ccc2c1CCC2. The molecule has 0 saturated carbocycles. The van der Waals surface area contributed by atoms with Crippen LogP contribution in [0.1, 0.15) is 37.0 Å². The predicted octanol–water partition coefficient (Wildman–Crippen LogP) is 6.11. The molecule has 0 N–H and O–H groups in total. The van der Waals surface area contributed by atoms with Crippen molar-refractivity contribution >= 4 is 22.9 Å². The fourth-order valence-corrected chi connectivity index (χ4v) is 4.61. The van der Waals surface area contributed by atoms with E-state index in [-0.39, 0.29) is 6.10 Å². The summed E-state index contributed by atoms with van der Waals surface area (Å²) in [6.45, 7) is 6.13. The van der Waals surface area contributed by atoms with Crippen molar-refractivity contribution in [2.45, 2.75) is 46.1 Å². The first-order valence-corrected chi connectivity index (χ1v) is 10.2. The molecular weight excluding hydrogens is 364 g/mol. The Morgan fingerprint density at radius 2 is 2.08 bits per heavy atom. The Labute approximate surface area is 163 Å². The maximum absolute atomic E-state index is 6.32. The summed E-state index contributed by atoms with van der Waals surface area (Å²) in [6, 6.07) is 6.36. The first kappa shape index (κ1) is 17.5. The number of fused-ring (bicyclic) bond motifs is 1. The van der Waals surface area contributed by atoms with Gasteiger partial charge in [-0.1, -0.05) is 23.7 Å². The Balaban J connectivity index is 1.66. The minimum absolute atomic E-state index is 0.0412. The highest BCUT2D eigenvalue weighted by Crippen LogP contribution is 2.36. The van der Waals surface area contributed by atoms with E-state index >= 15 is 0 Å². The van der Waals surface area contributed by atoms with E-state index in [1.165, 1.54) is 41.5 Å². The molecular formula is C21H21ClN2OS. The van der Waals surface area contributed by atoms with E-state index in [0.717, 1.165) is 16.3 Å². The lowest BCUT2D eigenvalue weighted by atomic mass is 9.99. The molecule has 1 aliphatic rings. The molecule has 0 bridgehead atoms. The summed E-state index contributed by atoms with van der Waals surface area (Å²) in [4.78, 5) is 9.20. The molecule has 134 valence electrons. The summed E-state index contributed by atoms with van der Waals surface area (Å²) in [6.07, 6.45) is 5.47. The highest BCUT2D eigenvalue weighted by molar-refractivity contribution is 7.13. The van der Waals surface area contributed by atoms with Crippen LogP contribution in [-0.4, -0.2) is 16.1 Å². The quantitative estimate of drug-likeness (QED) is 0.544. The van der Waals surface area contributed by atoms with Crippen molar-refractivity contribution < 1.29 is 4.74 Å². The maximum Gasteiger partial charge on any atom is 0.232 e. The summed E-state index contributed by atoms with van der Waals surface area (Å²) in [5.74, 6) is 0.468. The summed E-state index contributed by atoms with van der Waals surface area (Å²) < 4.78 is 5.61. The van der Waals surface area contributed by atoms with Crippen LogP contribution in [0.5, 0.6) is 5.88 Å². The van der Waals surface area contributed by atoms with Crippen molar-refractivity contribution in [1.29, 1.82) is 0 Å². The number of benzene rings is 1. The number of hydrogen-bond donors (Lipinski definition) is 0. The van der Waals surface area contributed by atoms with Crippen LogP contribution in [-0.2, 0) is 12.8 Å². The smallest absolute Gasteiger partial charge is 0.232 e. The molecule has 26 heavy (non-hydrogen) atoms. The van der Waals surface area contributed by atoms with Gasteiger partial charge in [-0.2, -0.15) is 0 Å². The van der Waals surface area contributed by atoms with Crippen LogP contribution in [0.4, 0.5) is 0 Å². The van der Waals surface area contributed by atoms with Crippen LogP contribution in [0.25, 0.3) is 21.8 Å². The Hall–Kier alpha value is -1.91. The van der Waals surface area contributed by atoms with Crippen LogP contribution in [0.3, 0.4) is 0 Å². The zero-order valence-electron chi connectivity index (χ0n) is 15.2. The van der Waals surface area contributed by atoms with Crippen LogP contribution in [0.2, 0.25) is 5.02 Å². The number of aromatic nitrogens is 2. The minimum atomic E-state index is 0.0412. The minimum Gasteiger partial charge on any atom is -0.474 e. The summed E-state index contributed by atoms with van der Waals surface area (Å²) >= 11 is 7.99. The molecule has 0 aliphatic heterocycles. The Bertz CT molecular complexity index is 965. The van der Waals surface area contributed by atoms with Gasteiger partial charge in [0, 0.05) is 22.7 Å². The van der Waals surface area contributed by atoms with Crippen molar-refractivity contribution in [3.8, 4) is 27.7 Å². The zero-order valence-corrected chi connectivity index (χ0v) is 16.7. The third kappa shape index (κ3) is 3.24. The first-order chi connectivity index (χ1) is 12.5. The van der Waals surface area contributed by atoms with Gasteiger partial charge >= 0.3 is 0 Å². The number of pyridine rings is 1. The fourth-order valence-electron chi connectivity index (χ4n) is 3.49. The highest BCUT2D eigenvalue weighted by atomic mass is 35.5. The molecule has 0 unspecified atom stereocenters. The van der Waals surface area contributed by atoms with Gasteiger partial charge in [-0.3, -0.25) is 0 Å². The van der Waals surface area contributed by atoms with Crippen LogP contribution in [0.15, 0.2) is 29.8 Å². The van der Waals surface area contributed by atoms with E-state index in [1.54, 1.807) is 17.5 Å². The molecule has 1 aliphatic carbocycles. The van der Waals surface area contributed by atoms with Gasteiger partial charge in [0.05, 0.1) is 11.8 Å². The van der Waals surface area contributed by atoms with Crippen molar-refractivity contribution in [2.75, 3.05) is 0 Å². The fraction of sp³-hybridized carbons (Fsp3) is 0.333. The Morgan fingerprint density at radius 1 is 1.23 bits per heavy atom. The van der Waals surface area contributed by atoms with E-state index in [1.807, 2.05) is 19.9 Å². The molecule has 0 radical (unpaired) electrons. The molecule has 2 aromatic heterocycles. The molecule has 4 rings (SSSR count). The van der Waals surface area contributed by atoms with Gasteiger partial charge < -0.3 is 4.74 Å². The summed E-state index contributed by atoms with van der Waals surface area (Å²) in [7, 11) is 0. The number of rotatable bonds is 4. The van der Waals surface area contributed by atoms with Gasteiger partial charge in [-0.25, -0.2) is 9.97 Å². The average Bonchev–Trinajstić information content (AvgIpc) is 3.26. The average molecular weight is 385 g/mol. The van der Waals surface area contributed by atoms with Crippen LogP contribution >= 0.6 is 22.9 Å². The van der Waals surface area contributed by atoms with Crippen molar-refractivity contribution in [1.82, 2.24) is 9.97 Å². The third-order valence-corrected chi connectivity index (χ3v) is 5.90. The molecule has 0 amide bonds. The molecule has 5 heteroatoms. The Kier molecular flexibility index (Phi) is 4.72. The molecule has 0 spiro atoms. The van der Waals surface area contributed by atoms with Crippen LogP contribution in [0, 0.1) is 6.92 Å². The van der Waals surface area contributed by atoms with Gasteiger partial charge in [0.1, 0.15) is 10.0 Å². The first-order valence-electron chi connectivity index (χ1n) is 8.92.